The van der Waals surface area contributed by atoms with Crippen molar-refractivity contribution in [3.05, 3.63) is 5.15 Å². The Hall–Kier alpha value is -0.0000000000000000555. The monoisotopic (exact) mass is 237 g/mol. The average molecular weight is 238 g/mol. The number of hydrogen-bond donors (Lipinski definition) is 1. The topological polar surface area (TPSA) is 37.8 Å². The molecule has 74 valence electrons. The lowest BCUT2D eigenvalue weighted by molar-refractivity contribution is 0.906. The van der Waals surface area contributed by atoms with Crippen LogP contribution in [0.4, 0.5) is 5.82 Å². The molecular weight excluding hydrogens is 226 g/mol. The minimum Gasteiger partial charge on any atom is -0.363 e. The largest absolute Gasteiger partial charge is 0.363 e. The van der Waals surface area contributed by atoms with Crippen LogP contribution in [0.2, 0.25) is 5.15 Å². The molecule has 1 aromatic rings. The van der Waals surface area contributed by atoms with Crippen molar-refractivity contribution in [2.75, 3.05) is 16.8 Å². The SMILES string of the molecule is CCSCC(C)Nc1nsnc1Cl. The molecule has 3 nitrogen and oxygen atoms in total. The fourth-order valence-electron chi connectivity index (χ4n) is 0.834. The lowest BCUT2D eigenvalue weighted by atomic mass is 10.4. The maximum Gasteiger partial charge on any atom is 0.186 e. The smallest absolute Gasteiger partial charge is 0.186 e. The highest BCUT2D eigenvalue weighted by Gasteiger charge is 2.08. The van der Waals surface area contributed by atoms with E-state index in [-0.39, 0.29) is 0 Å². The van der Waals surface area contributed by atoms with Gasteiger partial charge in [0.15, 0.2) is 11.0 Å². The number of rotatable bonds is 5. The molecular formula is C7H12ClN3S2. The van der Waals surface area contributed by atoms with Gasteiger partial charge in [0.25, 0.3) is 0 Å². The molecule has 0 aromatic carbocycles. The van der Waals surface area contributed by atoms with Gasteiger partial charge in [-0.1, -0.05) is 18.5 Å². The van der Waals surface area contributed by atoms with E-state index in [0.29, 0.717) is 17.0 Å². The van der Waals surface area contributed by atoms with Crippen molar-refractivity contribution in [2.45, 2.75) is 19.9 Å². The first-order chi connectivity index (χ1) is 6.24. The zero-order valence-electron chi connectivity index (χ0n) is 7.58. The molecule has 0 aliphatic rings. The van der Waals surface area contributed by atoms with Crippen LogP contribution >= 0.6 is 35.1 Å². The first kappa shape index (κ1) is 11.1. The van der Waals surface area contributed by atoms with Crippen LogP contribution in [-0.2, 0) is 0 Å². The van der Waals surface area contributed by atoms with Gasteiger partial charge in [0.2, 0.25) is 0 Å². The molecule has 1 unspecified atom stereocenters. The van der Waals surface area contributed by atoms with Crippen molar-refractivity contribution < 1.29 is 0 Å². The summed E-state index contributed by atoms with van der Waals surface area (Å²) in [5.41, 5.74) is 0. The van der Waals surface area contributed by atoms with Crippen LogP contribution in [0.25, 0.3) is 0 Å². The summed E-state index contributed by atoms with van der Waals surface area (Å²) in [5.74, 6) is 2.90. The predicted molar refractivity (Wildman–Crippen MR) is 61.0 cm³/mol. The van der Waals surface area contributed by atoms with Crippen molar-refractivity contribution in [2.24, 2.45) is 0 Å². The zero-order valence-corrected chi connectivity index (χ0v) is 9.97. The lowest BCUT2D eigenvalue weighted by Crippen LogP contribution is -2.18. The highest BCUT2D eigenvalue weighted by Crippen LogP contribution is 2.19. The fourth-order valence-corrected chi connectivity index (χ4v) is 2.17. The maximum absolute atomic E-state index is 5.79. The van der Waals surface area contributed by atoms with Crippen molar-refractivity contribution in [3.63, 3.8) is 0 Å². The van der Waals surface area contributed by atoms with Crippen LogP contribution < -0.4 is 5.32 Å². The van der Waals surface area contributed by atoms with Gasteiger partial charge in [0, 0.05) is 11.8 Å². The molecule has 1 rings (SSSR count). The van der Waals surface area contributed by atoms with E-state index in [0.717, 1.165) is 23.2 Å². The van der Waals surface area contributed by atoms with E-state index in [9.17, 15) is 0 Å². The molecule has 0 fully saturated rings. The highest BCUT2D eigenvalue weighted by atomic mass is 35.5. The summed E-state index contributed by atoms with van der Waals surface area (Å²) in [6.45, 7) is 4.26. The van der Waals surface area contributed by atoms with Crippen LogP contribution in [0.1, 0.15) is 13.8 Å². The third-order valence-corrected chi connectivity index (χ3v) is 3.44. The third-order valence-electron chi connectivity index (χ3n) is 1.40. The van der Waals surface area contributed by atoms with Crippen molar-refractivity contribution in [1.82, 2.24) is 8.75 Å². The highest BCUT2D eigenvalue weighted by molar-refractivity contribution is 7.99. The summed E-state index contributed by atoms with van der Waals surface area (Å²) in [7, 11) is 0. The molecule has 0 aliphatic heterocycles. The molecule has 0 radical (unpaired) electrons. The molecule has 1 N–H and O–H groups in total. The zero-order chi connectivity index (χ0) is 9.68. The van der Waals surface area contributed by atoms with Crippen LogP contribution in [0.5, 0.6) is 0 Å². The molecule has 1 atom stereocenters. The van der Waals surface area contributed by atoms with Crippen molar-refractivity contribution in [1.29, 1.82) is 0 Å². The van der Waals surface area contributed by atoms with Crippen LogP contribution in [0, 0.1) is 0 Å². The molecule has 13 heavy (non-hydrogen) atoms. The van der Waals surface area contributed by atoms with Crippen LogP contribution in [0.15, 0.2) is 0 Å². The molecule has 0 saturated carbocycles. The molecule has 0 spiro atoms. The number of thioether (sulfide) groups is 1. The predicted octanol–water partition coefficient (Wildman–Crippen LogP) is 2.75. The van der Waals surface area contributed by atoms with E-state index in [4.69, 9.17) is 11.6 Å². The van der Waals surface area contributed by atoms with Crippen LogP contribution in [-0.4, -0.2) is 26.3 Å². The molecule has 0 amide bonds. The Labute approximate surface area is 91.6 Å². The van der Waals surface area contributed by atoms with E-state index in [1.807, 2.05) is 11.8 Å². The minimum absolute atomic E-state index is 0.381. The third kappa shape index (κ3) is 3.70. The van der Waals surface area contributed by atoms with Crippen molar-refractivity contribution in [3.8, 4) is 0 Å². The standard InChI is InChI=1S/C7H12ClN3S2/c1-3-12-4-5(2)9-7-6(8)10-13-11-7/h5H,3-4H2,1-2H3,(H,9,11). The summed E-state index contributed by atoms with van der Waals surface area (Å²) in [4.78, 5) is 0. The first-order valence-corrected chi connectivity index (χ1v) is 6.32. The minimum atomic E-state index is 0.381. The average Bonchev–Trinajstić information content (AvgIpc) is 2.48. The van der Waals surface area contributed by atoms with Crippen molar-refractivity contribution >= 4 is 40.9 Å². The Kier molecular flexibility index (Phi) is 4.83. The molecule has 6 heteroatoms. The van der Waals surface area contributed by atoms with Gasteiger partial charge < -0.3 is 5.32 Å². The van der Waals surface area contributed by atoms with E-state index in [2.05, 4.69) is 27.9 Å². The summed E-state index contributed by atoms with van der Waals surface area (Å²) in [5, 5.41) is 3.68. The Morgan fingerprint density at radius 3 is 2.92 bits per heavy atom. The quantitative estimate of drug-likeness (QED) is 0.855. The number of nitrogens with zero attached hydrogens (tertiary/aromatic N) is 2. The molecule has 0 aliphatic carbocycles. The molecule has 1 heterocycles. The fraction of sp³-hybridized carbons (Fsp3) is 0.714. The van der Waals surface area contributed by atoms with Gasteiger partial charge in [-0.25, -0.2) is 0 Å². The summed E-state index contributed by atoms with van der Waals surface area (Å²) in [6, 6.07) is 0.381. The second-order valence-corrected chi connectivity index (χ2v) is 4.81. The summed E-state index contributed by atoms with van der Waals surface area (Å²) < 4.78 is 7.92. The Bertz CT molecular complexity index is 254. The molecule has 1 aromatic heterocycles. The number of halogens is 1. The Morgan fingerprint density at radius 2 is 2.38 bits per heavy atom. The number of nitrogens with one attached hydrogen (secondary N) is 1. The van der Waals surface area contributed by atoms with Gasteiger partial charge in [0.05, 0.1) is 11.7 Å². The normalized spacial score (nSPS) is 12.8. The number of aromatic nitrogens is 2. The van der Waals surface area contributed by atoms with Gasteiger partial charge in [-0.2, -0.15) is 20.5 Å². The van der Waals surface area contributed by atoms with Crippen LogP contribution in [0.3, 0.4) is 0 Å². The van der Waals surface area contributed by atoms with E-state index < -0.39 is 0 Å². The molecule has 0 bridgehead atoms. The van der Waals surface area contributed by atoms with Gasteiger partial charge in [-0.3, -0.25) is 0 Å². The van der Waals surface area contributed by atoms with Gasteiger partial charge in [0.1, 0.15) is 0 Å². The number of anilines is 1. The summed E-state index contributed by atoms with van der Waals surface area (Å²) in [6.07, 6.45) is 0. The van der Waals surface area contributed by atoms with E-state index in [1.54, 1.807) is 0 Å². The second-order valence-electron chi connectivity index (χ2n) is 2.61. The van der Waals surface area contributed by atoms with Gasteiger partial charge in [-0.05, 0) is 12.7 Å². The number of hydrogen-bond acceptors (Lipinski definition) is 5. The lowest BCUT2D eigenvalue weighted by Gasteiger charge is -2.11. The van der Waals surface area contributed by atoms with Gasteiger partial charge in [-0.15, -0.1) is 0 Å². The van der Waals surface area contributed by atoms with Gasteiger partial charge >= 0.3 is 0 Å². The molecule has 0 saturated heterocycles. The first-order valence-electron chi connectivity index (χ1n) is 4.06. The van der Waals surface area contributed by atoms with E-state index in [1.165, 1.54) is 0 Å². The Balaban J connectivity index is 2.36. The van der Waals surface area contributed by atoms with E-state index >= 15 is 0 Å². The summed E-state index contributed by atoms with van der Waals surface area (Å²) >= 11 is 8.81. The maximum atomic E-state index is 5.79. The Morgan fingerprint density at radius 1 is 1.62 bits per heavy atom. The second kappa shape index (κ2) is 5.67.